The Hall–Kier alpha value is -4.35. The van der Waals surface area contributed by atoms with E-state index in [1.165, 1.54) is 12.1 Å². The Bertz CT molecular complexity index is 1270. The Kier molecular flexibility index (Phi) is 7.52. The third-order valence-electron chi connectivity index (χ3n) is 5.64. The van der Waals surface area contributed by atoms with Crippen molar-refractivity contribution in [3.8, 4) is 11.6 Å². The minimum absolute atomic E-state index is 0.0677. The van der Waals surface area contributed by atoms with E-state index in [-0.39, 0.29) is 47.4 Å². The molecule has 1 aliphatic carbocycles. The van der Waals surface area contributed by atoms with Crippen LogP contribution in [0, 0.1) is 17.0 Å². The van der Waals surface area contributed by atoms with Crippen molar-refractivity contribution in [3.63, 3.8) is 0 Å². The number of hydrogen-bond donors (Lipinski definition) is 2. The van der Waals surface area contributed by atoms with Gasteiger partial charge in [0.15, 0.2) is 5.69 Å². The van der Waals surface area contributed by atoms with Crippen molar-refractivity contribution in [3.05, 3.63) is 69.2 Å². The maximum absolute atomic E-state index is 12.8. The van der Waals surface area contributed by atoms with Crippen molar-refractivity contribution in [2.45, 2.75) is 45.6 Å². The highest BCUT2D eigenvalue weighted by molar-refractivity contribution is 5.94. The Balaban J connectivity index is 1.48. The van der Waals surface area contributed by atoms with Gasteiger partial charge in [-0.15, -0.1) is 5.10 Å². The number of benzene rings is 1. The average Bonchev–Trinajstić information content (AvgIpc) is 3.57. The van der Waals surface area contributed by atoms with E-state index < -0.39 is 4.92 Å². The zero-order valence-electron chi connectivity index (χ0n) is 20.1. The maximum atomic E-state index is 12.8. The van der Waals surface area contributed by atoms with Gasteiger partial charge in [0, 0.05) is 30.3 Å². The molecule has 2 amide bonds. The Morgan fingerprint density at radius 1 is 1.17 bits per heavy atom. The van der Waals surface area contributed by atoms with Crippen LogP contribution in [-0.4, -0.2) is 55.9 Å². The molecule has 2 heterocycles. The van der Waals surface area contributed by atoms with E-state index in [2.05, 4.69) is 25.9 Å². The van der Waals surface area contributed by atoms with Gasteiger partial charge < -0.3 is 15.4 Å². The lowest BCUT2D eigenvalue weighted by Crippen LogP contribution is -2.27. The summed E-state index contributed by atoms with van der Waals surface area (Å²) in [6.45, 7) is 4.21. The van der Waals surface area contributed by atoms with Crippen LogP contribution in [0.15, 0.2) is 36.4 Å². The van der Waals surface area contributed by atoms with Gasteiger partial charge in [-0.05, 0) is 63.8 Å². The Labute approximate surface area is 207 Å². The number of amides is 2. The quantitative estimate of drug-likeness (QED) is 0.235. The summed E-state index contributed by atoms with van der Waals surface area (Å²) in [7, 11) is 0. The molecule has 0 saturated heterocycles. The number of aryl methyl sites for hydroxylation is 1. The third kappa shape index (κ3) is 5.82. The fourth-order valence-electron chi connectivity index (χ4n) is 3.63. The first-order valence-corrected chi connectivity index (χ1v) is 11.8. The fraction of sp³-hybridized carbons (Fsp3) is 0.375. The summed E-state index contributed by atoms with van der Waals surface area (Å²) < 4.78 is 7.27. The second-order valence-corrected chi connectivity index (χ2v) is 8.41. The van der Waals surface area contributed by atoms with Crippen LogP contribution >= 0.6 is 0 Å². The smallest absolute Gasteiger partial charge is 0.290 e. The second-order valence-electron chi connectivity index (χ2n) is 8.41. The van der Waals surface area contributed by atoms with Crippen molar-refractivity contribution in [1.29, 1.82) is 0 Å². The highest BCUT2D eigenvalue weighted by Crippen LogP contribution is 2.22. The van der Waals surface area contributed by atoms with Gasteiger partial charge in [0.05, 0.1) is 22.9 Å². The van der Waals surface area contributed by atoms with Crippen LogP contribution in [0.1, 0.15) is 58.4 Å². The molecule has 0 spiro atoms. The number of nitro groups is 1. The van der Waals surface area contributed by atoms with Crippen LogP contribution in [0.2, 0.25) is 0 Å². The number of aromatic nitrogens is 4. The highest BCUT2D eigenvalue weighted by Gasteiger charge is 2.27. The molecule has 0 aliphatic heterocycles. The largest absolute Gasteiger partial charge is 0.478 e. The number of nitrogens with zero attached hydrogens (tertiary/aromatic N) is 5. The van der Waals surface area contributed by atoms with Crippen molar-refractivity contribution in [1.82, 2.24) is 30.6 Å². The van der Waals surface area contributed by atoms with Crippen LogP contribution in [0.4, 0.5) is 5.69 Å². The Morgan fingerprint density at radius 3 is 2.56 bits per heavy atom. The number of pyridine rings is 1. The summed E-state index contributed by atoms with van der Waals surface area (Å²) in [5.41, 5.74) is 2.27. The molecule has 3 aromatic rings. The van der Waals surface area contributed by atoms with E-state index in [0.29, 0.717) is 36.3 Å². The number of ether oxygens (including phenoxy) is 1. The first-order chi connectivity index (χ1) is 17.4. The van der Waals surface area contributed by atoms with Gasteiger partial charge in [-0.2, -0.15) is 0 Å². The summed E-state index contributed by atoms with van der Waals surface area (Å²) >= 11 is 0. The summed E-state index contributed by atoms with van der Waals surface area (Å²) in [6, 6.07) is 9.90. The molecule has 12 nitrogen and oxygen atoms in total. The molecule has 0 bridgehead atoms. The summed E-state index contributed by atoms with van der Waals surface area (Å²) in [4.78, 5) is 39.5. The Morgan fingerprint density at radius 2 is 1.92 bits per heavy atom. The van der Waals surface area contributed by atoms with Gasteiger partial charge in [-0.3, -0.25) is 19.7 Å². The molecule has 0 atom stereocenters. The van der Waals surface area contributed by atoms with Gasteiger partial charge in [-0.25, -0.2) is 9.67 Å². The molecule has 2 aromatic heterocycles. The van der Waals surface area contributed by atoms with Crippen LogP contribution in [0.3, 0.4) is 0 Å². The first-order valence-electron chi connectivity index (χ1n) is 11.8. The molecule has 2 N–H and O–H groups in total. The SMILES string of the molecule is CCNC(=O)c1ccc(-n2nnc(C(=O)NC3CC3)c2CCCOc2ccc([N+](=O)[O-])c(C)n2)cc1. The lowest BCUT2D eigenvalue weighted by atomic mass is 10.1. The van der Waals surface area contributed by atoms with E-state index in [0.717, 1.165) is 12.8 Å². The lowest BCUT2D eigenvalue weighted by Gasteiger charge is -2.10. The summed E-state index contributed by atoms with van der Waals surface area (Å²) in [5.74, 6) is -0.150. The van der Waals surface area contributed by atoms with Crippen molar-refractivity contribution >= 4 is 17.5 Å². The predicted octanol–water partition coefficient (Wildman–Crippen LogP) is 2.53. The number of carbonyl (C=O) groups is 2. The molecule has 1 saturated carbocycles. The van der Waals surface area contributed by atoms with E-state index >= 15 is 0 Å². The molecule has 0 radical (unpaired) electrons. The van der Waals surface area contributed by atoms with E-state index in [9.17, 15) is 19.7 Å². The first kappa shape index (κ1) is 24.8. The van der Waals surface area contributed by atoms with E-state index in [4.69, 9.17) is 4.74 Å². The average molecular weight is 494 g/mol. The minimum Gasteiger partial charge on any atom is -0.478 e. The highest BCUT2D eigenvalue weighted by atomic mass is 16.6. The zero-order valence-corrected chi connectivity index (χ0v) is 20.1. The molecular weight excluding hydrogens is 466 g/mol. The van der Waals surface area contributed by atoms with Crippen molar-refractivity contribution in [2.75, 3.05) is 13.2 Å². The zero-order chi connectivity index (χ0) is 25.7. The number of carbonyl (C=O) groups excluding carboxylic acids is 2. The second kappa shape index (κ2) is 10.9. The van der Waals surface area contributed by atoms with Gasteiger partial charge in [0.1, 0.15) is 5.69 Å². The number of rotatable bonds is 11. The number of nitrogens with one attached hydrogen (secondary N) is 2. The molecular formula is C24H27N7O5. The standard InChI is InChI=1S/C24H27N7O5/c1-3-25-23(32)16-6-10-18(11-7-16)30-20(22(28-29-30)24(33)27-17-8-9-17)5-4-14-36-21-13-12-19(31(34)35)15(2)26-21/h6-7,10-13,17H,3-5,8-9,14H2,1-2H3,(H,25,32)(H,27,33). The summed E-state index contributed by atoms with van der Waals surface area (Å²) in [5, 5.41) is 25.0. The van der Waals surface area contributed by atoms with Crippen molar-refractivity contribution < 1.29 is 19.2 Å². The van der Waals surface area contributed by atoms with Crippen LogP contribution in [-0.2, 0) is 6.42 Å². The van der Waals surface area contributed by atoms with Gasteiger partial charge in [-0.1, -0.05) is 5.21 Å². The fourth-order valence-corrected chi connectivity index (χ4v) is 3.63. The lowest BCUT2D eigenvalue weighted by molar-refractivity contribution is -0.385. The molecule has 12 heteroatoms. The molecule has 36 heavy (non-hydrogen) atoms. The molecule has 4 rings (SSSR count). The normalized spacial score (nSPS) is 12.7. The number of hydrogen-bond acceptors (Lipinski definition) is 8. The van der Waals surface area contributed by atoms with Gasteiger partial charge >= 0.3 is 0 Å². The molecule has 1 aromatic carbocycles. The van der Waals surface area contributed by atoms with E-state index in [1.54, 1.807) is 35.9 Å². The molecule has 1 aliphatic rings. The van der Waals surface area contributed by atoms with E-state index in [1.807, 2.05) is 6.92 Å². The topological polar surface area (TPSA) is 154 Å². The van der Waals surface area contributed by atoms with Crippen LogP contribution in [0.25, 0.3) is 5.69 Å². The molecule has 0 unspecified atom stereocenters. The summed E-state index contributed by atoms with van der Waals surface area (Å²) in [6.07, 6.45) is 2.86. The molecule has 1 fully saturated rings. The third-order valence-corrected chi connectivity index (χ3v) is 5.64. The monoisotopic (exact) mass is 493 g/mol. The predicted molar refractivity (Wildman–Crippen MR) is 129 cm³/mol. The van der Waals surface area contributed by atoms with Gasteiger partial charge in [0.2, 0.25) is 5.88 Å². The van der Waals surface area contributed by atoms with Crippen LogP contribution in [0.5, 0.6) is 5.88 Å². The van der Waals surface area contributed by atoms with Gasteiger partial charge in [0.25, 0.3) is 17.5 Å². The molecule has 188 valence electrons. The van der Waals surface area contributed by atoms with Crippen LogP contribution < -0.4 is 15.4 Å². The maximum Gasteiger partial charge on any atom is 0.290 e. The van der Waals surface area contributed by atoms with Crippen molar-refractivity contribution in [2.24, 2.45) is 0 Å². The minimum atomic E-state index is -0.489.